The first kappa shape index (κ1) is 25.9. The second-order valence-corrected chi connectivity index (χ2v) is 9.73. The van der Waals surface area contributed by atoms with E-state index in [9.17, 15) is 20.1 Å². The minimum absolute atomic E-state index is 0.0256. The van der Waals surface area contributed by atoms with Gasteiger partial charge in [0.15, 0.2) is 0 Å². The van der Waals surface area contributed by atoms with E-state index in [1.54, 1.807) is 12.1 Å². The quantitative estimate of drug-likeness (QED) is 0.350. The second kappa shape index (κ2) is 12.2. The number of nitrogens with zero attached hydrogens (tertiary/aromatic N) is 1. The molecule has 3 aromatic rings. The highest BCUT2D eigenvalue weighted by atomic mass is 16.3. The molecule has 0 radical (unpaired) electrons. The van der Waals surface area contributed by atoms with Crippen LogP contribution in [0.2, 0.25) is 0 Å². The molecule has 0 aliphatic carbocycles. The third-order valence-corrected chi connectivity index (χ3v) is 6.96. The molecule has 0 aromatic heterocycles. The molecule has 1 heterocycles. The molecule has 6 heteroatoms. The van der Waals surface area contributed by atoms with E-state index < -0.39 is 6.10 Å². The predicted molar refractivity (Wildman–Crippen MR) is 140 cm³/mol. The summed E-state index contributed by atoms with van der Waals surface area (Å²) in [5.74, 6) is 0.232. The SMILES string of the molecule is CC(Cc1cccc(CCC(=O)N2CCc3ccccc3C2)c1)NC[C@H](O)c1ccc(O)c(CO)c1. The van der Waals surface area contributed by atoms with Gasteiger partial charge in [-0.15, -0.1) is 0 Å². The fourth-order valence-corrected chi connectivity index (χ4v) is 4.83. The summed E-state index contributed by atoms with van der Waals surface area (Å²) in [7, 11) is 0. The minimum atomic E-state index is -0.738. The number of hydrogen-bond donors (Lipinski definition) is 4. The Morgan fingerprint density at radius 2 is 1.81 bits per heavy atom. The van der Waals surface area contributed by atoms with E-state index in [1.807, 2.05) is 17.0 Å². The molecular weight excluding hydrogens is 452 g/mol. The van der Waals surface area contributed by atoms with Crippen molar-refractivity contribution >= 4 is 5.91 Å². The number of aliphatic hydroxyl groups is 2. The molecule has 2 atom stereocenters. The number of nitrogens with one attached hydrogen (secondary N) is 1. The number of phenols is 1. The molecule has 0 spiro atoms. The molecule has 4 N–H and O–H groups in total. The fourth-order valence-electron chi connectivity index (χ4n) is 4.83. The van der Waals surface area contributed by atoms with Crippen LogP contribution in [0, 0.1) is 0 Å². The van der Waals surface area contributed by atoms with E-state index in [0.717, 1.165) is 31.4 Å². The number of amides is 1. The maximum atomic E-state index is 12.8. The van der Waals surface area contributed by atoms with Crippen LogP contribution in [0.15, 0.2) is 66.7 Å². The average Bonchev–Trinajstić information content (AvgIpc) is 2.90. The molecule has 36 heavy (non-hydrogen) atoms. The first-order valence-corrected chi connectivity index (χ1v) is 12.7. The van der Waals surface area contributed by atoms with Crippen LogP contribution in [-0.2, 0) is 37.2 Å². The lowest BCUT2D eigenvalue weighted by molar-refractivity contribution is -0.132. The van der Waals surface area contributed by atoms with Gasteiger partial charge in [-0.2, -0.15) is 0 Å². The van der Waals surface area contributed by atoms with Crippen LogP contribution >= 0.6 is 0 Å². The Balaban J connectivity index is 1.25. The maximum Gasteiger partial charge on any atom is 0.223 e. The molecule has 0 saturated heterocycles. The number of carbonyl (C=O) groups is 1. The van der Waals surface area contributed by atoms with E-state index >= 15 is 0 Å². The number of aliphatic hydroxyl groups excluding tert-OH is 2. The molecule has 1 unspecified atom stereocenters. The van der Waals surface area contributed by atoms with Gasteiger partial charge in [0.25, 0.3) is 0 Å². The number of rotatable bonds is 10. The van der Waals surface area contributed by atoms with Gasteiger partial charge in [0.05, 0.1) is 12.7 Å². The van der Waals surface area contributed by atoms with Crippen LogP contribution in [0.25, 0.3) is 0 Å². The van der Waals surface area contributed by atoms with Gasteiger partial charge in [0.2, 0.25) is 5.91 Å². The van der Waals surface area contributed by atoms with Crippen LogP contribution in [0.3, 0.4) is 0 Å². The standard InChI is InChI=1S/C30H36N2O4/c1-21(31-18-29(35)25-10-11-28(34)27(17-25)20-33)15-23-6-4-5-22(16-23)9-12-30(36)32-14-13-24-7-2-3-8-26(24)19-32/h2-8,10-11,16-17,21,29,31,33-35H,9,12-15,18-20H2,1H3/t21?,29-/m0/s1. The summed E-state index contributed by atoms with van der Waals surface area (Å²) in [6.07, 6.45) is 2.21. The Kier molecular flexibility index (Phi) is 8.75. The van der Waals surface area contributed by atoms with Gasteiger partial charge in [-0.3, -0.25) is 4.79 Å². The van der Waals surface area contributed by atoms with E-state index in [2.05, 4.69) is 48.6 Å². The van der Waals surface area contributed by atoms with Crippen molar-refractivity contribution in [3.05, 3.63) is 100 Å². The molecule has 1 aliphatic rings. The third-order valence-electron chi connectivity index (χ3n) is 6.96. The number of fused-ring (bicyclic) bond motifs is 1. The molecule has 190 valence electrons. The summed E-state index contributed by atoms with van der Waals surface area (Å²) in [4.78, 5) is 14.8. The van der Waals surface area contributed by atoms with Crippen LogP contribution < -0.4 is 5.32 Å². The van der Waals surface area contributed by atoms with Crippen molar-refractivity contribution in [2.24, 2.45) is 0 Å². The second-order valence-electron chi connectivity index (χ2n) is 9.73. The van der Waals surface area contributed by atoms with Gasteiger partial charge in [0, 0.05) is 37.7 Å². The molecule has 0 bridgehead atoms. The topological polar surface area (TPSA) is 93.0 Å². The third kappa shape index (κ3) is 6.72. The molecular formula is C30H36N2O4. The van der Waals surface area contributed by atoms with Crippen molar-refractivity contribution in [1.82, 2.24) is 10.2 Å². The molecule has 6 nitrogen and oxygen atoms in total. The Labute approximate surface area is 213 Å². The highest BCUT2D eigenvalue weighted by Crippen LogP contribution is 2.23. The Hall–Kier alpha value is -3.19. The Bertz CT molecular complexity index is 1180. The van der Waals surface area contributed by atoms with Crippen LogP contribution in [0.5, 0.6) is 5.75 Å². The van der Waals surface area contributed by atoms with Gasteiger partial charge in [-0.25, -0.2) is 0 Å². The van der Waals surface area contributed by atoms with E-state index in [-0.39, 0.29) is 24.3 Å². The number of benzene rings is 3. The monoisotopic (exact) mass is 488 g/mol. The number of aryl methyl sites for hydroxylation is 1. The van der Waals surface area contributed by atoms with E-state index in [4.69, 9.17) is 0 Å². The normalized spacial score (nSPS) is 14.8. The molecule has 0 saturated carbocycles. The van der Waals surface area contributed by atoms with Crippen molar-refractivity contribution < 1.29 is 20.1 Å². The number of carbonyl (C=O) groups excluding carboxylic acids is 1. The van der Waals surface area contributed by atoms with Crippen molar-refractivity contribution in [2.45, 2.75) is 57.9 Å². The molecule has 3 aromatic carbocycles. The molecule has 1 aliphatic heterocycles. The number of aromatic hydroxyl groups is 1. The summed E-state index contributed by atoms with van der Waals surface area (Å²) < 4.78 is 0. The number of hydrogen-bond acceptors (Lipinski definition) is 5. The first-order chi connectivity index (χ1) is 17.4. The van der Waals surface area contributed by atoms with Gasteiger partial charge < -0.3 is 25.5 Å². The van der Waals surface area contributed by atoms with Crippen molar-refractivity contribution in [3.8, 4) is 5.75 Å². The van der Waals surface area contributed by atoms with Gasteiger partial charge in [-0.1, -0.05) is 54.6 Å². The average molecular weight is 489 g/mol. The zero-order valence-corrected chi connectivity index (χ0v) is 20.9. The van der Waals surface area contributed by atoms with Crippen molar-refractivity contribution in [2.75, 3.05) is 13.1 Å². The lowest BCUT2D eigenvalue weighted by atomic mass is 9.98. The van der Waals surface area contributed by atoms with Gasteiger partial charge in [0.1, 0.15) is 5.75 Å². The predicted octanol–water partition coefficient (Wildman–Crippen LogP) is 3.66. The fraction of sp³-hybridized carbons (Fsp3) is 0.367. The minimum Gasteiger partial charge on any atom is -0.508 e. The first-order valence-electron chi connectivity index (χ1n) is 12.7. The summed E-state index contributed by atoms with van der Waals surface area (Å²) in [6.45, 7) is 3.66. The van der Waals surface area contributed by atoms with Gasteiger partial charge in [-0.05, 0) is 66.1 Å². The molecule has 1 amide bonds. The van der Waals surface area contributed by atoms with Crippen molar-refractivity contribution in [3.63, 3.8) is 0 Å². The highest BCUT2D eigenvalue weighted by molar-refractivity contribution is 5.76. The smallest absolute Gasteiger partial charge is 0.223 e. The highest BCUT2D eigenvalue weighted by Gasteiger charge is 2.20. The largest absolute Gasteiger partial charge is 0.508 e. The van der Waals surface area contributed by atoms with Crippen LogP contribution in [-0.4, -0.2) is 45.3 Å². The lowest BCUT2D eigenvalue weighted by Crippen LogP contribution is -2.36. The van der Waals surface area contributed by atoms with E-state index in [0.29, 0.717) is 30.6 Å². The summed E-state index contributed by atoms with van der Waals surface area (Å²) in [5.41, 5.74) is 6.01. The Morgan fingerprint density at radius 1 is 1.03 bits per heavy atom. The van der Waals surface area contributed by atoms with Gasteiger partial charge >= 0.3 is 0 Å². The van der Waals surface area contributed by atoms with Crippen LogP contribution in [0.4, 0.5) is 0 Å². The molecule has 0 fully saturated rings. The zero-order valence-electron chi connectivity index (χ0n) is 20.9. The molecule has 4 rings (SSSR count). The maximum absolute atomic E-state index is 12.8. The zero-order chi connectivity index (χ0) is 25.5. The van der Waals surface area contributed by atoms with E-state index in [1.165, 1.54) is 22.8 Å². The lowest BCUT2D eigenvalue weighted by Gasteiger charge is -2.29. The summed E-state index contributed by atoms with van der Waals surface area (Å²) in [6, 6.07) is 21.7. The Morgan fingerprint density at radius 3 is 2.61 bits per heavy atom. The van der Waals surface area contributed by atoms with Crippen LogP contribution in [0.1, 0.15) is 52.8 Å². The summed E-state index contributed by atoms with van der Waals surface area (Å²) >= 11 is 0. The summed E-state index contributed by atoms with van der Waals surface area (Å²) in [5, 5.41) is 32.9. The van der Waals surface area contributed by atoms with Crippen molar-refractivity contribution in [1.29, 1.82) is 0 Å².